The molecule has 0 spiro atoms. The average molecular weight is 313 g/mol. The van der Waals surface area contributed by atoms with Crippen molar-refractivity contribution in [2.24, 2.45) is 0 Å². The molecular formula is C17H23N5O. The molecule has 6 nitrogen and oxygen atoms in total. The van der Waals surface area contributed by atoms with E-state index in [-0.39, 0.29) is 5.91 Å². The van der Waals surface area contributed by atoms with E-state index >= 15 is 0 Å². The van der Waals surface area contributed by atoms with Crippen molar-refractivity contribution < 1.29 is 4.79 Å². The van der Waals surface area contributed by atoms with Gasteiger partial charge in [-0.2, -0.15) is 0 Å². The van der Waals surface area contributed by atoms with Crippen molar-refractivity contribution in [2.75, 3.05) is 19.6 Å². The number of nitrogens with one attached hydrogen (secondary N) is 1. The number of carbonyl (C=O) groups is 1. The number of hydrogen-bond acceptors (Lipinski definition) is 4. The van der Waals surface area contributed by atoms with E-state index in [2.05, 4.69) is 31.9 Å². The van der Waals surface area contributed by atoms with Gasteiger partial charge in [0.05, 0.1) is 6.54 Å². The summed E-state index contributed by atoms with van der Waals surface area (Å²) in [5, 5.41) is 11.5. The second kappa shape index (κ2) is 7.37. The van der Waals surface area contributed by atoms with Gasteiger partial charge >= 0.3 is 0 Å². The van der Waals surface area contributed by atoms with Crippen LogP contribution in [0.3, 0.4) is 0 Å². The van der Waals surface area contributed by atoms with Crippen molar-refractivity contribution >= 4 is 5.91 Å². The standard InChI is InChI=1S/C17H23N5O/c1-2-9-21-10-8-15-19-20-16(22(15)12-11-21)13-18-17(23)14-6-4-3-5-7-14/h3-7H,2,8-13H2,1H3,(H,18,23). The lowest BCUT2D eigenvalue weighted by Gasteiger charge is -2.18. The van der Waals surface area contributed by atoms with Crippen molar-refractivity contribution in [1.29, 1.82) is 0 Å². The number of hydrogen-bond donors (Lipinski definition) is 1. The van der Waals surface area contributed by atoms with Crippen LogP contribution < -0.4 is 5.32 Å². The number of aromatic nitrogens is 3. The fraction of sp³-hybridized carbons (Fsp3) is 0.471. The maximum atomic E-state index is 12.1. The molecule has 3 rings (SSSR count). The zero-order valence-corrected chi connectivity index (χ0v) is 13.5. The molecule has 6 heteroatoms. The molecule has 1 amide bonds. The third-order valence-corrected chi connectivity index (χ3v) is 4.18. The van der Waals surface area contributed by atoms with Gasteiger partial charge in [0.2, 0.25) is 0 Å². The lowest BCUT2D eigenvalue weighted by Crippen LogP contribution is -2.28. The van der Waals surface area contributed by atoms with E-state index < -0.39 is 0 Å². The summed E-state index contributed by atoms with van der Waals surface area (Å²) in [5.41, 5.74) is 0.664. The maximum Gasteiger partial charge on any atom is 0.251 e. The molecule has 0 bridgehead atoms. The number of amides is 1. The number of fused-ring (bicyclic) bond motifs is 1. The molecule has 0 atom stereocenters. The van der Waals surface area contributed by atoms with Crippen LogP contribution in [0.5, 0.6) is 0 Å². The van der Waals surface area contributed by atoms with Crippen molar-refractivity contribution in [3.8, 4) is 0 Å². The van der Waals surface area contributed by atoms with Crippen LogP contribution >= 0.6 is 0 Å². The van der Waals surface area contributed by atoms with Crippen LogP contribution in [0.4, 0.5) is 0 Å². The first kappa shape index (κ1) is 15.7. The molecule has 0 fully saturated rings. The van der Waals surface area contributed by atoms with Crippen LogP contribution in [0.1, 0.15) is 35.4 Å². The first-order chi connectivity index (χ1) is 11.3. The molecule has 2 heterocycles. The van der Waals surface area contributed by atoms with Gasteiger partial charge in [-0.05, 0) is 25.1 Å². The van der Waals surface area contributed by atoms with Gasteiger partial charge in [-0.1, -0.05) is 25.1 Å². The Morgan fingerprint density at radius 3 is 2.78 bits per heavy atom. The Balaban J connectivity index is 1.62. The minimum Gasteiger partial charge on any atom is -0.345 e. The Kier molecular flexibility index (Phi) is 5.02. The molecule has 122 valence electrons. The van der Waals surface area contributed by atoms with Gasteiger partial charge in [-0.15, -0.1) is 10.2 Å². The molecular weight excluding hydrogens is 290 g/mol. The third kappa shape index (κ3) is 3.76. The van der Waals surface area contributed by atoms with E-state index in [0.717, 1.165) is 44.2 Å². The van der Waals surface area contributed by atoms with Gasteiger partial charge in [0.25, 0.3) is 5.91 Å². The van der Waals surface area contributed by atoms with E-state index in [9.17, 15) is 4.79 Å². The summed E-state index contributed by atoms with van der Waals surface area (Å²) in [6, 6.07) is 9.24. The van der Waals surface area contributed by atoms with E-state index in [1.807, 2.05) is 30.3 Å². The lowest BCUT2D eigenvalue weighted by molar-refractivity contribution is 0.0949. The highest BCUT2D eigenvalue weighted by molar-refractivity contribution is 5.93. The molecule has 0 radical (unpaired) electrons. The van der Waals surface area contributed by atoms with Gasteiger partial charge in [0.15, 0.2) is 5.82 Å². The molecule has 1 N–H and O–H groups in total. The molecule has 0 unspecified atom stereocenters. The maximum absolute atomic E-state index is 12.1. The van der Waals surface area contributed by atoms with Crippen molar-refractivity contribution in [3.05, 3.63) is 47.5 Å². The first-order valence-electron chi connectivity index (χ1n) is 8.24. The van der Waals surface area contributed by atoms with Crippen LogP contribution in [0.2, 0.25) is 0 Å². The fourth-order valence-electron chi connectivity index (χ4n) is 2.95. The Morgan fingerprint density at radius 2 is 2.00 bits per heavy atom. The summed E-state index contributed by atoms with van der Waals surface area (Å²) in [6.07, 6.45) is 2.08. The normalized spacial score (nSPS) is 15.0. The SMILES string of the molecule is CCCN1CCc2nnc(CNC(=O)c3ccccc3)n2CC1. The fourth-order valence-corrected chi connectivity index (χ4v) is 2.95. The number of carbonyl (C=O) groups excluding carboxylic acids is 1. The van der Waals surface area contributed by atoms with Crippen molar-refractivity contribution in [1.82, 2.24) is 25.0 Å². The zero-order chi connectivity index (χ0) is 16.1. The quantitative estimate of drug-likeness (QED) is 0.908. The Hall–Kier alpha value is -2.21. The summed E-state index contributed by atoms with van der Waals surface area (Å²) in [6.45, 7) is 6.67. The zero-order valence-electron chi connectivity index (χ0n) is 13.5. The summed E-state index contributed by atoms with van der Waals surface area (Å²) < 4.78 is 2.15. The largest absolute Gasteiger partial charge is 0.345 e. The minimum atomic E-state index is -0.0795. The Labute approximate surface area is 136 Å². The highest BCUT2D eigenvalue weighted by Crippen LogP contribution is 2.10. The summed E-state index contributed by atoms with van der Waals surface area (Å²) in [7, 11) is 0. The number of benzene rings is 1. The second-order valence-electron chi connectivity index (χ2n) is 5.82. The van der Waals surface area contributed by atoms with Crippen LogP contribution in [-0.4, -0.2) is 45.2 Å². The summed E-state index contributed by atoms with van der Waals surface area (Å²) >= 11 is 0. The van der Waals surface area contributed by atoms with Crippen LogP contribution in [0, 0.1) is 0 Å². The number of nitrogens with zero attached hydrogens (tertiary/aromatic N) is 4. The van der Waals surface area contributed by atoms with E-state index in [4.69, 9.17) is 0 Å². The molecule has 0 aliphatic carbocycles. The Bertz CT molecular complexity index is 652. The number of rotatable bonds is 5. The third-order valence-electron chi connectivity index (χ3n) is 4.18. The minimum absolute atomic E-state index is 0.0795. The topological polar surface area (TPSA) is 63.1 Å². The molecule has 1 aromatic heterocycles. The monoisotopic (exact) mass is 313 g/mol. The highest BCUT2D eigenvalue weighted by atomic mass is 16.1. The van der Waals surface area contributed by atoms with Gasteiger partial charge in [-0.3, -0.25) is 4.79 Å². The summed E-state index contributed by atoms with van der Waals surface area (Å²) in [5.74, 6) is 1.78. The van der Waals surface area contributed by atoms with Crippen molar-refractivity contribution in [2.45, 2.75) is 32.9 Å². The molecule has 2 aromatic rings. The molecule has 0 saturated carbocycles. The van der Waals surface area contributed by atoms with Crippen LogP contribution in [0.25, 0.3) is 0 Å². The summed E-state index contributed by atoms with van der Waals surface area (Å²) in [4.78, 5) is 14.6. The van der Waals surface area contributed by atoms with Crippen LogP contribution in [-0.2, 0) is 19.5 Å². The smallest absolute Gasteiger partial charge is 0.251 e. The van der Waals surface area contributed by atoms with E-state index in [0.29, 0.717) is 12.1 Å². The van der Waals surface area contributed by atoms with Crippen molar-refractivity contribution in [3.63, 3.8) is 0 Å². The predicted octanol–water partition coefficient (Wildman–Crippen LogP) is 1.48. The first-order valence-corrected chi connectivity index (χ1v) is 8.24. The van der Waals surface area contributed by atoms with E-state index in [1.165, 1.54) is 6.42 Å². The molecule has 1 aromatic carbocycles. The van der Waals surface area contributed by atoms with Gasteiger partial charge < -0.3 is 14.8 Å². The predicted molar refractivity (Wildman–Crippen MR) is 88.1 cm³/mol. The average Bonchev–Trinajstić information content (AvgIpc) is 2.86. The van der Waals surface area contributed by atoms with Crippen LogP contribution in [0.15, 0.2) is 30.3 Å². The highest BCUT2D eigenvalue weighted by Gasteiger charge is 2.18. The second-order valence-corrected chi connectivity index (χ2v) is 5.82. The van der Waals surface area contributed by atoms with Gasteiger partial charge in [-0.25, -0.2) is 0 Å². The molecule has 0 saturated heterocycles. The Morgan fingerprint density at radius 1 is 1.17 bits per heavy atom. The van der Waals surface area contributed by atoms with E-state index in [1.54, 1.807) is 0 Å². The lowest BCUT2D eigenvalue weighted by atomic mass is 10.2. The van der Waals surface area contributed by atoms with Gasteiger partial charge in [0.1, 0.15) is 5.82 Å². The molecule has 1 aliphatic heterocycles. The molecule has 23 heavy (non-hydrogen) atoms. The van der Waals surface area contributed by atoms with Gasteiger partial charge in [0, 0.05) is 31.6 Å². The molecule has 1 aliphatic rings.